The van der Waals surface area contributed by atoms with Crippen molar-refractivity contribution < 1.29 is 19.1 Å². The lowest BCUT2D eigenvalue weighted by atomic mass is 10.1. The Bertz CT molecular complexity index is 892. The van der Waals surface area contributed by atoms with E-state index in [-0.39, 0.29) is 12.0 Å². The number of fused-ring (bicyclic) bond motifs is 3. The number of nitrogens with zero attached hydrogens (tertiary/aromatic N) is 3. The van der Waals surface area contributed by atoms with Crippen LogP contribution in [0, 0.1) is 0 Å². The molecule has 0 unspecified atom stereocenters. The van der Waals surface area contributed by atoms with Crippen molar-refractivity contribution in [3.8, 4) is 17.0 Å². The summed E-state index contributed by atoms with van der Waals surface area (Å²) < 4.78 is 13.2. The maximum absolute atomic E-state index is 12.2. The van der Waals surface area contributed by atoms with Crippen LogP contribution in [-0.4, -0.2) is 47.6 Å². The molecule has 27 heavy (non-hydrogen) atoms. The van der Waals surface area contributed by atoms with Crippen molar-refractivity contribution in [1.29, 1.82) is 0 Å². The minimum absolute atomic E-state index is 0.148. The van der Waals surface area contributed by atoms with E-state index in [4.69, 9.17) is 9.47 Å². The van der Waals surface area contributed by atoms with E-state index in [1.165, 1.54) is 12.5 Å². The van der Waals surface area contributed by atoms with Gasteiger partial charge in [0.1, 0.15) is 11.9 Å². The lowest BCUT2D eigenvalue weighted by molar-refractivity contribution is -0.119. The molecule has 1 saturated heterocycles. The molecule has 1 fully saturated rings. The Morgan fingerprint density at radius 3 is 3.04 bits per heavy atom. The molecule has 2 amide bonds. The third-order valence-electron chi connectivity index (χ3n) is 4.78. The van der Waals surface area contributed by atoms with Crippen LogP contribution in [0.1, 0.15) is 19.4 Å². The van der Waals surface area contributed by atoms with Crippen molar-refractivity contribution in [2.45, 2.75) is 32.9 Å². The summed E-state index contributed by atoms with van der Waals surface area (Å²) in [6, 6.07) is 5.68. The number of amides is 2. The molecule has 1 N–H and O–H groups in total. The molecule has 4 rings (SSSR count). The Kier molecular flexibility index (Phi) is 4.47. The number of rotatable bonds is 4. The van der Waals surface area contributed by atoms with Crippen LogP contribution in [0.4, 0.5) is 10.5 Å². The largest absolute Gasteiger partial charge is 0.492 e. The number of anilines is 1. The third-order valence-corrected chi connectivity index (χ3v) is 4.78. The smallest absolute Gasteiger partial charge is 0.414 e. The Morgan fingerprint density at radius 1 is 1.41 bits per heavy atom. The molecular formula is C19H22N4O4. The molecule has 1 atom stereocenters. The highest BCUT2D eigenvalue weighted by Crippen LogP contribution is 2.37. The van der Waals surface area contributed by atoms with Crippen molar-refractivity contribution >= 4 is 17.7 Å². The molecule has 1 aromatic heterocycles. The quantitative estimate of drug-likeness (QED) is 0.889. The summed E-state index contributed by atoms with van der Waals surface area (Å²) in [7, 11) is 0. The molecule has 3 heterocycles. The van der Waals surface area contributed by atoms with Gasteiger partial charge in [0, 0.05) is 43.3 Å². The third kappa shape index (κ3) is 3.34. The average Bonchev–Trinajstić information content (AvgIpc) is 3.19. The summed E-state index contributed by atoms with van der Waals surface area (Å²) in [6.45, 7) is 5.56. The Morgan fingerprint density at radius 2 is 2.26 bits per heavy atom. The first-order valence-corrected chi connectivity index (χ1v) is 9.11. The minimum atomic E-state index is -0.421. The topological polar surface area (TPSA) is 85.7 Å². The van der Waals surface area contributed by atoms with Gasteiger partial charge in [-0.1, -0.05) is 0 Å². The SMILES string of the molecule is CCn1cc2c(n1)-c1ccc(N3C[C@H](CNC(C)=O)OC3=O)cc1OCC2. The van der Waals surface area contributed by atoms with E-state index >= 15 is 0 Å². The summed E-state index contributed by atoms with van der Waals surface area (Å²) in [6.07, 6.45) is 2.07. The molecule has 2 aliphatic heterocycles. The van der Waals surface area contributed by atoms with Gasteiger partial charge < -0.3 is 14.8 Å². The van der Waals surface area contributed by atoms with Crippen LogP contribution in [-0.2, 0) is 22.5 Å². The van der Waals surface area contributed by atoms with E-state index < -0.39 is 6.09 Å². The molecule has 0 saturated carbocycles. The van der Waals surface area contributed by atoms with Crippen molar-refractivity contribution in [2.75, 3.05) is 24.6 Å². The number of carbonyl (C=O) groups is 2. The van der Waals surface area contributed by atoms with E-state index in [1.54, 1.807) is 4.90 Å². The maximum Gasteiger partial charge on any atom is 0.414 e. The predicted octanol–water partition coefficient (Wildman–Crippen LogP) is 1.97. The fraction of sp³-hybridized carbons (Fsp3) is 0.421. The summed E-state index contributed by atoms with van der Waals surface area (Å²) >= 11 is 0. The van der Waals surface area contributed by atoms with Crippen LogP contribution < -0.4 is 15.0 Å². The van der Waals surface area contributed by atoms with Gasteiger partial charge in [0.15, 0.2) is 0 Å². The van der Waals surface area contributed by atoms with Gasteiger partial charge >= 0.3 is 6.09 Å². The number of ether oxygens (including phenoxy) is 2. The fourth-order valence-electron chi connectivity index (χ4n) is 3.40. The monoisotopic (exact) mass is 370 g/mol. The Labute approximate surface area is 157 Å². The first kappa shape index (κ1) is 17.4. The van der Waals surface area contributed by atoms with Crippen LogP contribution in [0.15, 0.2) is 24.4 Å². The lowest BCUT2D eigenvalue weighted by Crippen LogP contribution is -2.33. The molecule has 0 bridgehead atoms. The molecule has 8 nitrogen and oxygen atoms in total. The van der Waals surface area contributed by atoms with Gasteiger partial charge in [0.05, 0.1) is 31.1 Å². The first-order valence-electron chi connectivity index (χ1n) is 9.11. The van der Waals surface area contributed by atoms with Crippen molar-refractivity contribution in [3.05, 3.63) is 30.0 Å². The maximum atomic E-state index is 12.2. The van der Waals surface area contributed by atoms with Gasteiger partial charge in [-0.15, -0.1) is 0 Å². The van der Waals surface area contributed by atoms with Gasteiger partial charge in [-0.2, -0.15) is 5.10 Å². The van der Waals surface area contributed by atoms with Crippen molar-refractivity contribution in [1.82, 2.24) is 15.1 Å². The molecule has 0 aliphatic carbocycles. The van der Waals surface area contributed by atoms with Crippen LogP contribution >= 0.6 is 0 Å². The predicted molar refractivity (Wildman–Crippen MR) is 98.8 cm³/mol. The number of benzene rings is 1. The number of hydrogen-bond acceptors (Lipinski definition) is 5. The van der Waals surface area contributed by atoms with E-state index in [0.717, 1.165) is 24.2 Å². The number of nitrogens with one attached hydrogen (secondary N) is 1. The van der Waals surface area contributed by atoms with Gasteiger partial charge in [-0.3, -0.25) is 14.4 Å². The first-order chi connectivity index (χ1) is 13.0. The summed E-state index contributed by atoms with van der Waals surface area (Å²) in [5, 5.41) is 7.34. The second-order valence-corrected chi connectivity index (χ2v) is 6.69. The van der Waals surface area contributed by atoms with Gasteiger partial charge in [0.25, 0.3) is 0 Å². The number of carbonyl (C=O) groups excluding carboxylic acids is 2. The molecule has 2 aliphatic rings. The zero-order chi connectivity index (χ0) is 19.0. The summed E-state index contributed by atoms with van der Waals surface area (Å²) in [4.78, 5) is 24.9. The second-order valence-electron chi connectivity index (χ2n) is 6.69. The number of hydrogen-bond donors (Lipinski definition) is 1. The van der Waals surface area contributed by atoms with E-state index in [2.05, 4.69) is 23.5 Å². The number of aryl methyl sites for hydroxylation is 1. The highest BCUT2D eigenvalue weighted by atomic mass is 16.6. The van der Waals surface area contributed by atoms with Crippen LogP contribution in [0.3, 0.4) is 0 Å². The van der Waals surface area contributed by atoms with Gasteiger partial charge in [-0.05, 0) is 19.1 Å². The van der Waals surface area contributed by atoms with Crippen LogP contribution in [0.2, 0.25) is 0 Å². The van der Waals surface area contributed by atoms with Crippen LogP contribution in [0.5, 0.6) is 5.75 Å². The minimum Gasteiger partial charge on any atom is -0.492 e. The standard InChI is InChI=1S/C19H22N4O4/c1-3-22-10-13-6-7-26-17-8-14(4-5-16(17)18(13)21-22)23-11-15(27-19(23)25)9-20-12(2)24/h4-5,8,10,15H,3,6-7,9,11H2,1-2H3,(H,20,24)/t15-/m0/s1. The van der Waals surface area contributed by atoms with E-state index in [0.29, 0.717) is 31.1 Å². The summed E-state index contributed by atoms with van der Waals surface area (Å²) in [5.41, 5.74) is 3.74. The zero-order valence-corrected chi connectivity index (χ0v) is 15.4. The van der Waals surface area contributed by atoms with E-state index in [9.17, 15) is 9.59 Å². The number of aromatic nitrogens is 2. The molecule has 1 aromatic carbocycles. The summed E-state index contributed by atoms with van der Waals surface area (Å²) in [5.74, 6) is 0.566. The zero-order valence-electron chi connectivity index (χ0n) is 15.4. The van der Waals surface area contributed by atoms with Crippen molar-refractivity contribution in [2.24, 2.45) is 0 Å². The number of cyclic esters (lactones) is 1. The highest BCUT2D eigenvalue weighted by Gasteiger charge is 2.33. The molecule has 0 radical (unpaired) electrons. The Balaban J connectivity index is 1.59. The fourth-order valence-corrected chi connectivity index (χ4v) is 3.40. The highest BCUT2D eigenvalue weighted by molar-refractivity contribution is 5.91. The normalized spacial score (nSPS) is 18.2. The van der Waals surface area contributed by atoms with Gasteiger partial charge in [-0.25, -0.2) is 4.79 Å². The average molecular weight is 370 g/mol. The van der Waals surface area contributed by atoms with Crippen molar-refractivity contribution in [3.63, 3.8) is 0 Å². The molecule has 0 spiro atoms. The second kappa shape index (κ2) is 6.94. The van der Waals surface area contributed by atoms with E-state index in [1.807, 2.05) is 22.9 Å². The van der Waals surface area contributed by atoms with Crippen LogP contribution in [0.25, 0.3) is 11.3 Å². The lowest BCUT2D eigenvalue weighted by Gasteiger charge is -2.16. The van der Waals surface area contributed by atoms with Gasteiger partial charge in [0.2, 0.25) is 5.91 Å². The molecule has 8 heteroatoms. The molecule has 2 aromatic rings. The Hall–Kier alpha value is -3.03. The molecular weight excluding hydrogens is 348 g/mol. The molecule has 142 valence electrons.